The summed E-state index contributed by atoms with van der Waals surface area (Å²) in [5.41, 5.74) is 1.93. The molecule has 0 saturated carbocycles. The van der Waals surface area contributed by atoms with Gasteiger partial charge in [-0.3, -0.25) is 9.48 Å². The van der Waals surface area contributed by atoms with Crippen LogP contribution in [0.5, 0.6) is 0 Å². The predicted octanol–water partition coefficient (Wildman–Crippen LogP) is 2.57. The summed E-state index contributed by atoms with van der Waals surface area (Å²) >= 11 is 0. The molecule has 1 amide bonds. The highest BCUT2D eigenvalue weighted by Gasteiger charge is 2.17. The number of nitrogens with zero attached hydrogens (tertiary/aromatic N) is 2. The van der Waals surface area contributed by atoms with Crippen LogP contribution in [0.3, 0.4) is 0 Å². The lowest BCUT2D eigenvalue weighted by molar-refractivity contribution is 0.102. The van der Waals surface area contributed by atoms with E-state index >= 15 is 0 Å². The zero-order chi connectivity index (χ0) is 14.2. The number of anilines is 1. The van der Waals surface area contributed by atoms with Gasteiger partial charge in [0, 0.05) is 24.5 Å². The van der Waals surface area contributed by atoms with Gasteiger partial charge in [0.2, 0.25) is 0 Å². The Kier molecular flexibility index (Phi) is 3.33. The maximum atomic E-state index is 13.1. The van der Waals surface area contributed by atoms with Crippen LogP contribution in [-0.2, 0) is 7.05 Å². The molecule has 2 aromatic rings. The molecule has 1 aromatic carbocycles. The van der Waals surface area contributed by atoms with Gasteiger partial charge in [0.15, 0.2) is 11.6 Å². The Bertz CT molecular complexity index is 650. The van der Waals surface area contributed by atoms with Gasteiger partial charge in [-0.2, -0.15) is 5.10 Å². The third-order valence-corrected chi connectivity index (χ3v) is 2.91. The number of benzene rings is 1. The monoisotopic (exact) mass is 265 g/mol. The summed E-state index contributed by atoms with van der Waals surface area (Å²) in [7, 11) is 1.73. The van der Waals surface area contributed by atoms with Crippen LogP contribution in [-0.4, -0.2) is 15.7 Å². The average Bonchev–Trinajstić information content (AvgIpc) is 2.58. The molecule has 1 N–H and O–H groups in total. The first-order valence-electron chi connectivity index (χ1n) is 5.66. The summed E-state index contributed by atoms with van der Waals surface area (Å²) in [5, 5.41) is 6.65. The average molecular weight is 265 g/mol. The van der Waals surface area contributed by atoms with Gasteiger partial charge < -0.3 is 5.32 Å². The third-order valence-electron chi connectivity index (χ3n) is 2.91. The quantitative estimate of drug-likeness (QED) is 0.907. The van der Waals surface area contributed by atoms with Gasteiger partial charge in [-0.1, -0.05) is 0 Å². The fraction of sp³-hybridized carbons (Fsp3) is 0.231. The van der Waals surface area contributed by atoms with E-state index in [-0.39, 0.29) is 5.69 Å². The van der Waals surface area contributed by atoms with Crippen LogP contribution in [0.25, 0.3) is 0 Å². The number of carbonyl (C=O) groups is 1. The largest absolute Gasteiger partial charge is 0.322 e. The molecule has 0 atom stereocenters. The molecule has 0 spiro atoms. The van der Waals surface area contributed by atoms with Crippen molar-refractivity contribution in [1.29, 1.82) is 0 Å². The second kappa shape index (κ2) is 4.79. The smallest absolute Gasteiger partial charge is 0.259 e. The first-order valence-corrected chi connectivity index (χ1v) is 5.66. The number of amides is 1. The first-order chi connectivity index (χ1) is 8.90. The zero-order valence-corrected chi connectivity index (χ0v) is 10.8. The molecule has 0 unspecified atom stereocenters. The van der Waals surface area contributed by atoms with Crippen LogP contribution < -0.4 is 5.32 Å². The standard InChI is InChI=1S/C13H13F2N3O/c1-7-12(8(2)18(3)17-7)13(19)16-9-4-5-10(14)11(15)6-9/h4-6H,1-3H3,(H,16,19). The Morgan fingerprint density at radius 1 is 1.26 bits per heavy atom. The summed E-state index contributed by atoms with van der Waals surface area (Å²) in [4.78, 5) is 12.1. The second-order valence-corrected chi connectivity index (χ2v) is 4.25. The Hall–Kier alpha value is -2.24. The molecular weight excluding hydrogens is 252 g/mol. The summed E-state index contributed by atoms with van der Waals surface area (Å²) in [5.74, 6) is -2.35. The molecule has 0 saturated heterocycles. The molecular formula is C13H13F2N3O. The lowest BCUT2D eigenvalue weighted by Gasteiger charge is -2.06. The highest BCUT2D eigenvalue weighted by Crippen LogP contribution is 2.17. The summed E-state index contributed by atoms with van der Waals surface area (Å²) < 4.78 is 27.4. The molecule has 1 aromatic heterocycles. The molecule has 0 aliphatic carbocycles. The van der Waals surface area contributed by atoms with Crippen molar-refractivity contribution in [2.45, 2.75) is 13.8 Å². The number of rotatable bonds is 2. The minimum absolute atomic E-state index is 0.201. The molecule has 2 rings (SSSR count). The highest BCUT2D eigenvalue weighted by atomic mass is 19.2. The van der Waals surface area contributed by atoms with Crippen molar-refractivity contribution in [2.24, 2.45) is 7.05 Å². The topological polar surface area (TPSA) is 46.9 Å². The highest BCUT2D eigenvalue weighted by molar-refractivity contribution is 6.05. The van der Waals surface area contributed by atoms with Crippen molar-refractivity contribution in [3.8, 4) is 0 Å². The van der Waals surface area contributed by atoms with E-state index in [1.165, 1.54) is 6.07 Å². The molecule has 19 heavy (non-hydrogen) atoms. The van der Waals surface area contributed by atoms with Crippen LogP contribution in [0.15, 0.2) is 18.2 Å². The van der Waals surface area contributed by atoms with E-state index in [0.717, 1.165) is 12.1 Å². The van der Waals surface area contributed by atoms with E-state index in [2.05, 4.69) is 10.4 Å². The van der Waals surface area contributed by atoms with E-state index < -0.39 is 17.5 Å². The maximum absolute atomic E-state index is 13.1. The number of halogens is 2. The van der Waals surface area contributed by atoms with E-state index in [9.17, 15) is 13.6 Å². The second-order valence-electron chi connectivity index (χ2n) is 4.25. The van der Waals surface area contributed by atoms with Crippen molar-refractivity contribution in [2.75, 3.05) is 5.32 Å². The fourth-order valence-electron chi connectivity index (χ4n) is 1.87. The van der Waals surface area contributed by atoms with Gasteiger partial charge in [-0.05, 0) is 26.0 Å². The van der Waals surface area contributed by atoms with Gasteiger partial charge in [0.1, 0.15) is 0 Å². The fourth-order valence-corrected chi connectivity index (χ4v) is 1.87. The zero-order valence-electron chi connectivity index (χ0n) is 10.8. The Labute approximate surface area is 109 Å². The van der Waals surface area contributed by atoms with Crippen LogP contribution in [0.1, 0.15) is 21.7 Å². The molecule has 100 valence electrons. The van der Waals surface area contributed by atoms with E-state index in [4.69, 9.17) is 0 Å². The lowest BCUT2D eigenvalue weighted by atomic mass is 10.2. The first kappa shape index (κ1) is 13.2. The number of carbonyl (C=O) groups excluding carboxylic acids is 1. The summed E-state index contributed by atoms with van der Waals surface area (Å²) in [6.45, 7) is 3.48. The van der Waals surface area contributed by atoms with Gasteiger partial charge in [0.25, 0.3) is 5.91 Å². The minimum Gasteiger partial charge on any atom is -0.322 e. The molecule has 6 heteroatoms. The van der Waals surface area contributed by atoms with Gasteiger partial charge in [-0.15, -0.1) is 0 Å². The molecule has 1 heterocycles. The number of hydrogen-bond acceptors (Lipinski definition) is 2. The Morgan fingerprint density at radius 2 is 1.95 bits per heavy atom. The van der Waals surface area contributed by atoms with Crippen LogP contribution in [0.2, 0.25) is 0 Å². The van der Waals surface area contributed by atoms with Gasteiger partial charge in [0.05, 0.1) is 11.3 Å². The van der Waals surface area contributed by atoms with Crippen molar-refractivity contribution < 1.29 is 13.6 Å². The molecule has 0 bridgehead atoms. The molecule has 0 aliphatic rings. The number of hydrogen-bond donors (Lipinski definition) is 1. The Balaban J connectivity index is 2.28. The van der Waals surface area contributed by atoms with Crippen LogP contribution in [0.4, 0.5) is 14.5 Å². The van der Waals surface area contributed by atoms with Crippen LogP contribution in [0, 0.1) is 25.5 Å². The molecule has 4 nitrogen and oxygen atoms in total. The van der Waals surface area contributed by atoms with E-state index in [1.807, 2.05) is 0 Å². The van der Waals surface area contributed by atoms with Crippen molar-refractivity contribution >= 4 is 11.6 Å². The summed E-state index contributed by atoms with van der Waals surface area (Å²) in [6.07, 6.45) is 0. The van der Waals surface area contributed by atoms with Crippen molar-refractivity contribution in [3.05, 3.63) is 46.8 Å². The summed E-state index contributed by atoms with van der Waals surface area (Å²) in [6, 6.07) is 3.21. The molecule has 0 aliphatic heterocycles. The third kappa shape index (κ3) is 2.47. The Morgan fingerprint density at radius 3 is 2.47 bits per heavy atom. The number of aryl methyl sites for hydroxylation is 2. The van der Waals surface area contributed by atoms with Crippen molar-refractivity contribution in [1.82, 2.24) is 9.78 Å². The van der Waals surface area contributed by atoms with Gasteiger partial charge >= 0.3 is 0 Å². The number of aromatic nitrogens is 2. The van der Waals surface area contributed by atoms with E-state index in [1.54, 1.807) is 25.6 Å². The SMILES string of the molecule is Cc1nn(C)c(C)c1C(=O)Nc1ccc(F)c(F)c1. The number of nitrogens with one attached hydrogen (secondary N) is 1. The lowest BCUT2D eigenvalue weighted by Crippen LogP contribution is -2.14. The molecule has 0 fully saturated rings. The maximum Gasteiger partial charge on any atom is 0.259 e. The van der Waals surface area contributed by atoms with E-state index in [0.29, 0.717) is 17.0 Å². The van der Waals surface area contributed by atoms with Crippen molar-refractivity contribution in [3.63, 3.8) is 0 Å². The van der Waals surface area contributed by atoms with Crippen LogP contribution >= 0.6 is 0 Å². The minimum atomic E-state index is -1.00. The van der Waals surface area contributed by atoms with Gasteiger partial charge in [-0.25, -0.2) is 8.78 Å². The predicted molar refractivity (Wildman–Crippen MR) is 67.0 cm³/mol. The molecule has 0 radical (unpaired) electrons. The normalized spacial score (nSPS) is 10.6.